The quantitative estimate of drug-likeness (QED) is 0.671. The van der Waals surface area contributed by atoms with Crippen LogP contribution in [0.4, 0.5) is 4.39 Å². The maximum absolute atomic E-state index is 14.4. The van der Waals surface area contributed by atoms with Crippen LogP contribution in [0.5, 0.6) is 5.75 Å². The number of aromatic hydroxyl groups is 1. The van der Waals surface area contributed by atoms with Crippen LogP contribution in [0.2, 0.25) is 0 Å². The molecular formula is C23H21FN2O3. The van der Waals surface area contributed by atoms with E-state index in [9.17, 15) is 19.1 Å². The maximum Gasteiger partial charge on any atom is 0.258 e. The third kappa shape index (κ3) is 4.43. The first-order valence-corrected chi connectivity index (χ1v) is 9.06. The molecule has 0 saturated carbocycles. The Morgan fingerprint density at radius 2 is 1.69 bits per heavy atom. The monoisotopic (exact) mass is 392 g/mol. The number of phenols is 1. The third-order valence-electron chi connectivity index (χ3n) is 4.63. The van der Waals surface area contributed by atoms with E-state index in [4.69, 9.17) is 5.73 Å². The number of hydrogen-bond donors (Lipinski definition) is 2. The van der Waals surface area contributed by atoms with Crippen molar-refractivity contribution in [3.05, 3.63) is 101 Å². The number of hydrogen-bond acceptors (Lipinski definition) is 3. The lowest BCUT2D eigenvalue weighted by atomic mass is 10.0. The number of nitrogens with zero attached hydrogens (tertiary/aromatic N) is 1. The van der Waals surface area contributed by atoms with Crippen LogP contribution < -0.4 is 5.73 Å². The Morgan fingerprint density at radius 1 is 1.03 bits per heavy atom. The summed E-state index contributed by atoms with van der Waals surface area (Å²) in [6.07, 6.45) is 0. The summed E-state index contributed by atoms with van der Waals surface area (Å²) in [5.74, 6) is -2.12. The summed E-state index contributed by atoms with van der Waals surface area (Å²) < 4.78 is 14.4. The van der Waals surface area contributed by atoms with Gasteiger partial charge in [-0.3, -0.25) is 9.59 Å². The van der Waals surface area contributed by atoms with Gasteiger partial charge in [0.15, 0.2) is 0 Å². The molecule has 0 aliphatic heterocycles. The van der Waals surface area contributed by atoms with E-state index in [1.165, 1.54) is 23.1 Å². The van der Waals surface area contributed by atoms with Crippen LogP contribution in [0.25, 0.3) is 0 Å². The molecule has 5 nitrogen and oxygen atoms in total. The molecule has 0 aliphatic carbocycles. The number of nitrogens with two attached hydrogens (primary N) is 1. The summed E-state index contributed by atoms with van der Waals surface area (Å²) in [5, 5.41) is 10.1. The molecule has 0 unspecified atom stereocenters. The molecule has 1 atom stereocenters. The van der Waals surface area contributed by atoms with Gasteiger partial charge in [0.25, 0.3) is 5.91 Å². The lowest BCUT2D eigenvalue weighted by Crippen LogP contribution is -2.41. The van der Waals surface area contributed by atoms with Crippen molar-refractivity contribution in [2.24, 2.45) is 5.73 Å². The molecule has 3 N–H and O–H groups in total. The van der Waals surface area contributed by atoms with Gasteiger partial charge >= 0.3 is 0 Å². The SMILES string of the molecule is Cc1ccc(F)c(CN(C(=O)c2ccccc2O)[C@@H](C(N)=O)c2ccccc2)c1. The molecule has 3 aromatic rings. The van der Waals surface area contributed by atoms with E-state index in [0.717, 1.165) is 5.56 Å². The van der Waals surface area contributed by atoms with E-state index in [0.29, 0.717) is 5.56 Å². The van der Waals surface area contributed by atoms with Crippen LogP contribution in [0.1, 0.15) is 33.1 Å². The van der Waals surface area contributed by atoms with Gasteiger partial charge in [-0.2, -0.15) is 0 Å². The highest BCUT2D eigenvalue weighted by Gasteiger charge is 2.32. The van der Waals surface area contributed by atoms with Gasteiger partial charge in [-0.05, 0) is 30.7 Å². The van der Waals surface area contributed by atoms with E-state index >= 15 is 0 Å². The number of amides is 2. The van der Waals surface area contributed by atoms with E-state index in [1.54, 1.807) is 61.5 Å². The molecule has 148 valence electrons. The normalized spacial score (nSPS) is 11.7. The molecule has 0 saturated heterocycles. The average Bonchev–Trinajstić information content (AvgIpc) is 2.70. The number of rotatable bonds is 6. The minimum absolute atomic E-state index is 0.00254. The molecule has 0 aromatic heterocycles. The van der Waals surface area contributed by atoms with Gasteiger partial charge in [-0.15, -0.1) is 0 Å². The number of carbonyl (C=O) groups is 2. The number of phenolic OH excluding ortho intramolecular Hbond substituents is 1. The Kier molecular flexibility index (Phi) is 5.93. The second-order valence-corrected chi connectivity index (χ2v) is 6.76. The highest BCUT2D eigenvalue weighted by molar-refractivity contribution is 5.99. The Balaban J connectivity index is 2.12. The van der Waals surface area contributed by atoms with Crippen LogP contribution in [-0.4, -0.2) is 21.8 Å². The third-order valence-corrected chi connectivity index (χ3v) is 4.63. The van der Waals surface area contributed by atoms with Crippen molar-refractivity contribution in [3.63, 3.8) is 0 Å². The Morgan fingerprint density at radius 3 is 2.34 bits per heavy atom. The number of carbonyl (C=O) groups excluding carboxylic acids is 2. The van der Waals surface area contributed by atoms with Crippen molar-refractivity contribution in [1.29, 1.82) is 0 Å². The standard InChI is InChI=1S/C23H21FN2O3/c1-15-11-12-19(24)17(13-15)14-26(23(29)18-9-5-6-10-20(18)27)21(22(25)28)16-7-3-2-4-8-16/h2-13,21,27H,14H2,1H3,(H2,25,28)/t21-/m1/s1. The molecule has 3 rings (SSSR count). The average molecular weight is 392 g/mol. The minimum Gasteiger partial charge on any atom is -0.507 e. The summed E-state index contributed by atoms with van der Waals surface area (Å²) in [6.45, 7) is 1.62. The van der Waals surface area contributed by atoms with Gasteiger partial charge in [0, 0.05) is 5.56 Å². The van der Waals surface area contributed by atoms with Gasteiger partial charge in [0.05, 0.1) is 12.1 Å². The van der Waals surface area contributed by atoms with Crippen molar-refractivity contribution in [3.8, 4) is 5.75 Å². The molecule has 0 bridgehead atoms. The van der Waals surface area contributed by atoms with Gasteiger partial charge in [0.1, 0.15) is 17.6 Å². The predicted octanol–water partition coefficient (Wildman–Crippen LogP) is 3.71. The highest BCUT2D eigenvalue weighted by Crippen LogP contribution is 2.28. The number of primary amides is 1. The van der Waals surface area contributed by atoms with Crippen LogP contribution in [0, 0.1) is 12.7 Å². The molecular weight excluding hydrogens is 371 g/mol. The van der Waals surface area contributed by atoms with Crippen LogP contribution >= 0.6 is 0 Å². The zero-order valence-electron chi connectivity index (χ0n) is 15.9. The van der Waals surface area contributed by atoms with Crippen molar-refractivity contribution < 1.29 is 19.1 Å². The van der Waals surface area contributed by atoms with E-state index in [-0.39, 0.29) is 23.4 Å². The van der Waals surface area contributed by atoms with Gasteiger partial charge in [-0.1, -0.05) is 60.2 Å². The zero-order valence-corrected chi connectivity index (χ0v) is 15.9. The smallest absolute Gasteiger partial charge is 0.258 e. The second kappa shape index (κ2) is 8.56. The van der Waals surface area contributed by atoms with Crippen molar-refractivity contribution >= 4 is 11.8 Å². The summed E-state index contributed by atoms with van der Waals surface area (Å²) in [5.41, 5.74) is 7.21. The molecule has 3 aromatic carbocycles. The maximum atomic E-state index is 14.4. The predicted molar refractivity (Wildman–Crippen MR) is 107 cm³/mol. The number of benzene rings is 3. The summed E-state index contributed by atoms with van der Waals surface area (Å²) in [7, 11) is 0. The first-order chi connectivity index (χ1) is 13.9. The lowest BCUT2D eigenvalue weighted by Gasteiger charge is -2.30. The molecule has 6 heteroatoms. The number of halogens is 1. The summed E-state index contributed by atoms with van der Waals surface area (Å²) in [6, 6.07) is 18.0. The molecule has 0 aliphatic rings. The Hall–Kier alpha value is -3.67. The molecule has 0 radical (unpaired) electrons. The topological polar surface area (TPSA) is 83.6 Å². The highest BCUT2D eigenvalue weighted by atomic mass is 19.1. The lowest BCUT2D eigenvalue weighted by molar-refractivity contribution is -0.122. The molecule has 0 heterocycles. The Bertz CT molecular complexity index is 1040. The first-order valence-electron chi connectivity index (χ1n) is 9.06. The number of aryl methyl sites for hydroxylation is 1. The summed E-state index contributed by atoms with van der Waals surface area (Å²) >= 11 is 0. The van der Waals surface area contributed by atoms with Crippen molar-refractivity contribution in [2.45, 2.75) is 19.5 Å². The minimum atomic E-state index is -1.14. The van der Waals surface area contributed by atoms with Gasteiger partial charge in [-0.25, -0.2) is 4.39 Å². The van der Waals surface area contributed by atoms with Crippen molar-refractivity contribution in [2.75, 3.05) is 0 Å². The van der Waals surface area contributed by atoms with Gasteiger partial charge in [0.2, 0.25) is 5.91 Å². The molecule has 2 amide bonds. The molecule has 0 spiro atoms. The van der Waals surface area contributed by atoms with Gasteiger partial charge < -0.3 is 15.7 Å². The van der Waals surface area contributed by atoms with E-state index < -0.39 is 23.7 Å². The largest absolute Gasteiger partial charge is 0.507 e. The number of para-hydroxylation sites is 1. The molecule has 29 heavy (non-hydrogen) atoms. The summed E-state index contributed by atoms with van der Waals surface area (Å²) in [4.78, 5) is 26.9. The Labute approximate surface area is 168 Å². The first kappa shape index (κ1) is 20.1. The van der Waals surface area contributed by atoms with Crippen LogP contribution in [-0.2, 0) is 11.3 Å². The fourth-order valence-corrected chi connectivity index (χ4v) is 3.23. The zero-order chi connectivity index (χ0) is 21.0. The van der Waals surface area contributed by atoms with Crippen molar-refractivity contribution in [1.82, 2.24) is 4.90 Å². The fraction of sp³-hybridized carbons (Fsp3) is 0.130. The second-order valence-electron chi connectivity index (χ2n) is 6.76. The van der Waals surface area contributed by atoms with E-state index in [2.05, 4.69) is 0 Å². The van der Waals surface area contributed by atoms with E-state index in [1.807, 2.05) is 0 Å². The fourth-order valence-electron chi connectivity index (χ4n) is 3.23. The van der Waals surface area contributed by atoms with Crippen LogP contribution in [0.15, 0.2) is 72.8 Å². The molecule has 0 fully saturated rings. The van der Waals surface area contributed by atoms with Crippen LogP contribution in [0.3, 0.4) is 0 Å².